The molecule has 7 heteroatoms. The van der Waals surface area contributed by atoms with Gasteiger partial charge in [-0.1, -0.05) is 48.0 Å². The fourth-order valence-corrected chi connectivity index (χ4v) is 2.80. The van der Waals surface area contributed by atoms with E-state index < -0.39 is 0 Å². The van der Waals surface area contributed by atoms with Gasteiger partial charge in [-0.15, -0.1) is 24.0 Å². The van der Waals surface area contributed by atoms with E-state index in [0.717, 1.165) is 11.5 Å². The van der Waals surface area contributed by atoms with Gasteiger partial charge in [-0.2, -0.15) is 0 Å². The molecule has 1 heterocycles. The monoisotopic (exact) mass is 532 g/mol. The molecule has 0 fully saturated rings. The van der Waals surface area contributed by atoms with Crippen molar-refractivity contribution in [2.75, 3.05) is 13.7 Å². The number of nitrogens with one attached hydrogen (secondary N) is 2. The molecule has 0 saturated heterocycles. The molecule has 2 aromatic carbocycles. The van der Waals surface area contributed by atoms with Crippen molar-refractivity contribution < 1.29 is 9.47 Å². The van der Waals surface area contributed by atoms with Crippen molar-refractivity contribution in [2.24, 2.45) is 4.99 Å². The Morgan fingerprint density at radius 1 is 0.903 bits per heavy atom. The highest BCUT2D eigenvalue weighted by molar-refractivity contribution is 14.0. The van der Waals surface area contributed by atoms with E-state index in [2.05, 4.69) is 51.8 Å². The Labute approximate surface area is 201 Å². The van der Waals surface area contributed by atoms with Gasteiger partial charge in [0, 0.05) is 32.4 Å². The molecule has 6 nitrogen and oxygen atoms in total. The molecule has 3 aromatic rings. The van der Waals surface area contributed by atoms with E-state index in [1.165, 1.54) is 11.1 Å². The zero-order chi connectivity index (χ0) is 21.2. The third-order valence-corrected chi connectivity index (χ3v) is 4.43. The van der Waals surface area contributed by atoms with Crippen molar-refractivity contribution in [3.63, 3.8) is 0 Å². The van der Waals surface area contributed by atoms with Crippen LogP contribution in [0.15, 0.2) is 71.9 Å². The van der Waals surface area contributed by atoms with E-state index in [0.29, 0.717) is 37.1 Å². The molecule has 0 aliphatic heterocycles. The molecule has 0 bridgehead atoms. The van der Waals surface area contributed by atoms with E-state index in [1.54, 1.807) is 13.2 Å². The maximum atomic E-state index is 5.87. The molecule has 31 heavy (non-hydrogen) atoms. The summed E-state index contributed by atoms with van der Waals surface area (Å²) in [4.78, 5) is 8.67. The molecule has 0 amide bonds. The van der Waals surface area contributed by atoms with Gasteiger partial charge in [0.1, 0.15) is 0 Å². The minimum atomic E-state index is 0. The van der Waals surface area contributed by atoms with Crippen LogP contribution in [0.4, 0.5) is 0 Å². The number of hydrogen-bond donors (Lipinski definition) is 2. The minimum Gasteiger partial charge on any atom is -0.490 e. The maximum absolute atomic E-state index is 5.87. The summed E-state index contributed by atoms with van der Waals surface area (Å²) < 4.78 is 11.5. The first-order valence-electron chi connectivity index (χ1n) is 10.0. The lowest BCUT2D eigenvalue weighted by molar-refractivity contribution is 0.319. The van der Waals surface area contributed by atoms with Gasteiger partial charge >= 0.3 is 0 Å². The second-order valence-corrected chi connectivity index (χ2v) is 6.75. The van der Waals surface area contributed by atoms with E-state index in [4.69, 9.17) is 9.47 Å². The molecule has 0 atom stereocenters. The number of aryl methyl sites for hydroxylation is 1. The van der Waals surface area contributed by atoms with Crippen LogP contribution in [-0.4, -0.2) is 24.6 Å². The smallest absolute Gasteiger partial charge is 0.219 e. The van der Waals surface area contributed by atoms with E-state index in [1.807, 2.05) is 43.3 Å². The molecule has 0 saturated carbocycles. The molecule has 1 aromatic heterocycles. The van der Waals surface area contributed by atoms with Gasteiger partial charge in [0.25, 0.3) is 0 Å². The Hall–Kier alpha value is -2.81. The second-order valence-electron chi connectivity index (χ2n) is 6.75. The van der Waals surface area contributed by atoms with Crippen LogP contribution >= 0.6 is 24.0 Å². The fraction of sp³-hybridized carbons (Fsp3) is 0.250. The average Bonchev–Trinajstić information content (AvgIpc) is 2.77. The summed E-state index contributed by atoms with van der Waals surface area (Å²) in [5.41, 5.74) is 3.49. The van der Waals surface area contributed by atoms with Crippen LogP contribution in [0, 0.1) is 6.92 Å². The number of benzene rings is 2. The summed E-state index contributed by atoms with van der Waals surface area (Å²) in [6.07, 6.45) is 1.79. The molecule has 3 rings (SSSR count). The lowest BCUT2D eigenvalue weighted by Gasteiger charge is -2.13. The number of nitrogens with zero attached hydrogens (tertiary/aromatic N) is 2. The van der Waals surface area contributed by atoms with Crippen LogP contribution in [0.5, 0.6) is 17.4 Å². The molecular formula is C24H29IN4O2. The van der Waals surface area contributed by atoms with Crippen LogP contribution < -0.4 is 20.1 Å². The summed E-state index contributed by atoms with van der Waals surface area (Å²) in [5.74, 6) is 2.61. The highest BCUT2D eigenvalue weighted by Gasteiger charge is 2.06. The van der Waals surface area contributed by atoms with E-state index in [-0.39, 0.29) is 24.0 Å². The maximum Gasteiger partial charge on any atom is 0.219 e. The van der Waals surface area contributed by atoms with Gasteiger partial charge in [-0.25, -0.2) is 4.98 Å². The zero-order valence-electron chi connectivity index (χ0n) is 18.1. The third kappa shape index (κ3) is 7.75. The van der Waals surface area contributed by atoms with Crippen LogP contribution in [0.3, 0.4) is 0 Å². The Balaban J connectivity index is 0.00000341. The average molecular weight is 532 g/mol. The second kappa shape index (κ2) is 12.8. The number of aliphatic imine (C=N–C) groups is 1. The van der Waals surface area contributed by atoms with Crippen LogP contribution in [-0.2, 0) is 13.1 Å². The quantitative estimate of drug-likeness (QED) is 0.241. The van der Waals surface area contributed by atoms with Gasteiger partial charge in [0.05, 0.1) is 6.61 Å². The molecular weight excluding hydrogens is 503 g/mol. The zero-order valence-corrected chi connectivity index (χ0v) is 20.4. The number of pyridine rings is 1. The van der Waals surface area contributed by atoms with Crippen LogP contribution in [0.1, 0.15) is 23.6 Å². The Morgan fingerprint density at radius 3 is 2.16 bits per heavy atom. The van der Waals surface area contributed by atoms with Gasteiger partial charge < -0.3 is 20.1 Å². The third-order valence-electron chi connectivity index (χ3n) is 4.43. The van der Waals surface area contributed by atoms with Crippen molar-refractivity contribution >= 4 is 29.9 Å². The lowest BCUT2D eigenvalue weighted by atomic mass is 10.1. The highest BCUT2D eigenvalue weighted by atomic mass is 127. The van der Waals surface area contributed by atoms with Crippen molar-refractivity contribution in [2.45, 2.75) is 26.9 Å². The predicted molar refractivity (Wildman–Crippen MR) is 136 cm³/mol. The normalized spacial score (nSPS) is 10.7. The minimum absolute atomic E-state index is 0. The molecule has 0 aliphatic carbocycles. The predicted octanol–water partition coefficient (Wildman–Crippen LogP) is 5.06. The first kappa shape index (κ1) is 24.5. The Kier molecular flexibility index (Phi) is 10.1. The van der Waals surface area contributed by atoms with Gasteiger partial charge in [-0.05, 0) is 37.1 Å². The van der Waals surface area contributed by atoms with Crippen LogP contribution in [0.25, 0.3) is 0 Å². The SMILES string of the molecule is CCOc1ccccc1Oc1ccc(CNC(=NC)NCc2ccc(C)cc2)cn1.I. The fourth-order valence-electron chi connectivity index (χ4n) is 2.80. The number of para-hydroxylation sites is 2. The largest absolute Gasteiger partial charge is 0.490 e. The van der Waals surface area contributed by atoms with Gasteiger partial charge in [0.15, 0.2) is 17.5 Å². The van der Waals surface area contributed by atoms with Gasteiger partial charge in [-0.3, -0.25) is 4.99 Å². The molecule has 2 N–H and O–H groups in total. The van der Waals surface area contributed by atoms with E-state index in [9.17, 15) is 0 Å². The number of aromatic nitrogens is 1. The summed E-state index contributed by atoms with van der Waals surface area (Å²) in [6.45, 7) is 5.93. The molecule has 0 spiro atoms. The molecule has 0 aliphatic rings. The summed E-state index contributed by atoms with van der Waals surface area (Å²) in [7, 11) is 1.76. The van der Waals surface area contributed by atoms with Crippen molar-refractivity contribution in [3.8, 4) is 17.4 Å². The molecule has 0 unspecified atom stereocenters. The van der Waals surface area contributed by atoms with Crippen molar-refractivity contribution in [1.82, 2.24) is 15.6 Å². The first-order chi connectivity index (χ1) is 14.7. The number of hydrogen-bond acceptors (Lipinski definition) is 4. The molecule has 164 valence electrons. The Bertz CT molecular complexity index is 960. The summed E-state index contributed by atoms with van der Waals surface area (Å²) in [6, 6.07) is 19.8. The van der Waals surface area contributed by atoms with Crippen molar-refractivity contribution in [1.29, 1.82) is 0 Å². The first-order valence-corrected chi connectivity index (χ1v) is 10.0. The number of halogens is 1. The summed E-state index contributed by atoms with van der Waals surface area (Å²) in [5, 5.41) is 6.62. The number of ether oxygens (including phenoxy) is 2. The topological polar surface area (TPSA) is 67.8 Å². The summed E-state index contributed by atoms with van der Waals surface area (Å²) >= 11 is 0. The Morgan fingerprint density at radius 2 is 1.55 bits per heavy atom. The standard InChI is InChI=1S/C24H28N4O2.HI/c1-4-29-21-7-5-6-8-22(21)30-23-14-13-20(16-26-23)17-28-24(25-3)27-15-19-11-9-18(2)10-12-19;/h5-14,16H,4,15,17H2,1-3H3,(H2,25,27,28);1H. The van der Waals surface area contributed by atoms with Gasteiger partial charge in [0.2, 0.25) is 5.88 Å². The van der Waals surface area contributed by atoms with Crippen molar-refractivity contribution in [3.05, 3.63) is 83.6 Å². The lowest BCUT2D eigenvalue weighted by Crippen LogP contribution is -2.36. The van der Waals surface area contributed by atoms with E-state index >= 15 is 0 Å². The number of rotatable bonds is 8. The highest BCUT2D eigenvalue weighted by Crippen LogP contribution is 2.30. The molecule has 0 radical (unpaired) electrons. The van der Waals surface area contributed by atoms with Crippen LogP contribution in [0.2, 0.25) is 0 Å². The number of guanidine groups is 1.